The Bertz CT molecular complexity index is 673. The molecule has 2 aromatic rings. The lowest BCUT2D eigenvalue weighted by molar-refractivity contribution is -0.386. The maximum atomic E-state index is 11.5. The summed E-state index contributed by atoms with van der Waals surface area (Å²) < 4.78 is 0. The van der Waals surface area contributed by atoms with E-state index in [2.05, 4.69) is 4.98 Å². The van der Waals surface area contributed by atoms with Gasteiger partial charge < -0.3 is 5.11 Å². The van der Waals surface area contributed by atoms with E-state index in [4.69, 9.17) is 11.6 Å². The summed E-state index contributed by atoms with van der Waals surface area (Å²) in [5.41, 5.74) is 0.578. The van der Waals surface area contributed by atoms with Gasteiger partial charge in [-0.15, -0.1) is 0 Å². The Balaban J connectivity index is 2.38. The van der Waals surface area contributed by atoms with Crippen LogP contribution in [-0.2, 0) is 11.2 Å². The van der Waals surface area contributed by atoms with Gasteiger partial charge in [-0.1, -0.05) is 23.7 Å². The average molecular weight is 307 g/mol. The first kappa shape index (κ1) is 14.9. The number of carboxylic acids is 1. The van der Waals surface area contributed by atoms with Crippen LogP contribution in [0.2, 0.25) is 5.02 Å². The van der Waals surface area contributed by atoms with Gasteiger partial charge in [0.25, 0.3) is 5.69 Å². The molecule has 0 aliphatic rings. The average Bonchev–Trinajstić information content (AvgIpc) is 2.46. The highest BCUT2D eigenvalue weighted by Crippen LogP contribution is 2.29. The number of nitrogens with zero attached hydrogens (tertiary/aromatic N) is 2. The van der Waals surface area contributed by atoms with E-state index < -0.39 is 16.8 Å². The zero-order valence-electron chi connectivity index (χ0n) is 10.8. The molecule has 108 valence electrons. The maximum absolute atomic E-state index is 11.5. The minimum Gasteiger partial charge on any atom is -0.481 e. The topological polar surface area (TPSA) is 93.3 Å². The molecule has 0 aliphatic heterocycles. The van der Waals surface area contributed by atoms with Crippen LogP contribution in [0.15, 0.2) is 42.7 Å². The van der Waals surface area contributed by atoms with Crippen LogP contribution >= 0.6 is 11.6 Å². The number of carboxylic acid groups (broad SMARTS) is 1. The van der Waals surface area contributed by atoms with Crippen LogP contribution in [-0.4, -0.2) is 21.0 Å². The molecule has 2 rings (SSSR count). The molecule has 7 heteroatoms. The number of hydrogen-bond acceptors (Lipinski definition) is 4. The third-order valence-corrected chi connectivity index (χ3v) is 3.31. The van der Waals surface area contributed by atoms with Crippen molar-refractivity contribution in [1.82, 2.24) is 4.98 Å². The highest BCUT2D eigenvalue weighted by atomic mass is 35.5. The Hall–Kier alpha value is -2.47. The van der Waals surface area contributed by atoms with E-state index in [0.717, 1.165) is 11.8 Å². The Morgan fingerprint density at radius 1 is 1.33 bits per heavy atom. The summed E-state index contributed by atoms with van der Waals surface area (Å²) in [6.07, 6.45) is 2.55. The number of pyridine rings is 1. The van der Waals surface area contributed by atoms with Crippen LogP contribution in [0.25, 0.3) is 0 Å². The molecule has 0 amide bonds. The molecule has 0 saturated heterocycles. The molecule has 1 unspecified atom stereocenters. The Morgan fingerprint density at radius 2 is 2.00 bits per heavy atom. The van der Waals surface area contributed by atoms with E-state index in [1.807, 2.05) is 0 Å². The lowest BCUT2D eigenvalue weighted by Crippen LogP contribution is -2.16. The number of carbonyl (C=O) groups is 1. The number of aliphatic carboxylic acids is 1. The van der Waals surface area contributed by atoms with Gasteiger partial charge in [-0.05, 0) is 30.2 Å². The summed E-state index contributed by atoms with van der Waals surface area (Å²) in [5.74, 6) is -2.14. The van der Waals surface area contributed by atoms with Crippen LogP contribution in [0, 0.1) is 10.1 Å². The molecule has 0 aliphatic carbocycles. The zero-order valence-corrected chi connectivity index (χ0v) is 11.5. The number of halogens is 1. The van der Waals surface area contributed by atoms with Crippen LogP contribution in [0.3, 0.4) is 0 Å². The van der Waals surface area contributed by atoms with Gasteiger partial charge in [-0.3, -0.25) is 19.9 Å². The molecular formula is C14H11ClN2O4. The largest absolute Gasteiger partial charge is 0.481 e. The zero-order chi connectivity index (χ0) is 15.4. The fourth-order valence-corrected chi connectivity index (χ4v) is 2.16. The summed E-state index contributed by atoms with van der Waals surface area (Å²) in [4.78, 5) is 25.5. The molecule has 0 saturated carbocycles. The molecule has 0 fully saturated rings. The van der Waals surface area contributed by atoms with Gasteiger partial charge >= 0.3 is 5.97 Å². The van der Waals surface area contributed by atoms with Crippen molar-refractivity contribution in [2.24, 2.45) is 0 Å². The number of aromatic nitrogens is 1. The number of rotatable bonds is 5. The second kappa shape index (κ2) is 6.32. The van der Waals surface area contributed by atoms with E-state index in [-0.39, 0.29) is 17.7 Å². The van der Waals surface area contributed by atoms with Crippen LogP contribution in [0.1, 0.15) is 17.0 Å². The predicted molar refractivity (Wildman–Crippen MR) is 76.4 cm³/mol. The van der Waals surface area contributed by atoms with E-state index >= 15 is 0 Å². The van der Waals surface area contributed by atoms with Gasteiger partial charge in [0.1, 0.15) is 6.20 Å². The van der Waals surface area contributed by atoms with Crippen molar-refractivity contribution >= 4 is 23.3 Å². The summed E-state index contributed by atoms with van der Waals surface area (Å²) in [7, 11) is 0. The van der Waals surface area contributed by atoms with Crippen molar-refractivity contribution in [3.63, 3.8) is 0 Å². The fraction of sp³-hybridized carbons (Fsp3) is 0.143. The summed E-state index contributed by atoms with van der Waals surface area (Å²) in [5, 5.41) is 20.9. The molecule has 1 aromatic carbocycles. The molecule has 1 atom stereocenters. The van der Waals surface area contributed by atoms with Gasteiger partial charge in [-0.2, -0.15) is 0 Å². The molecule has 21 heavy (non-hydrogen) atoms. The van der Waals surface area contributed by atoms with Gasteiger partial charge in [0, 0.05) is 16.8 Å². The fourth-order valence-electron chi connectivity index (χ4n) is 2.03. The van der Waals surface area contributed by atoms with E-state index in [1.165, 1.54) is 12.3 Å². The molecule has 0 spiro atoms. The van der Waals surface area contributed by atoms with Gasteiger partial charge in [0.2, 0.25) is 0 Å². The highest BCUT2D eigenvalue weighted by molar-refractivity contribution is 6.30. The highest BCUT2D eigenvalue weighted by Gasteiger charge is 2.28. The Morgan fingerprint density at radius 3 is 2.57 bits per heavy atom. The van der Waals surface area contributed by atoms with Gasteiger partial charge in [0.05, 0.1) is 10.8 Å². The van der Waals surface area contributed by atoms with E-state index in [1.54, 1.807) is 24.3 Å². The molecule has 0 radical (unpaired) electrons. The number of benzene rings is 1. The SMILES string of the molecule is O=C(O)C(Cc1ccc(Cl)cc1)c1ccncc1[N+](=O)[O-]. The smallest absolute Gasteiger partial charge is 0.311 e. The molecule has 1 N–H and O–H groups in total. The normalized spacial score (nSPS) is 11.9. The number of hydrogen-bond donors (Lipinski definition) is 1. The minimum absolute atomic E-state index is 0.136. The van der Waals surface area contributed by atoms with E-state index in [9.17, 15) is 20.0 Å². The molecule has 0 bridgehead atoms. The standard InChI is InChI=1S/C14H11ClN2O4/c15-10-3-1-9(2-4-10)7-12(14(18)19)11-5-6-16-8-13(11)17(20)21/h1-6,8,12H,7H2,(H,18,19). The predicted octanol–water partition coefficient (Wildman–Crippen LogP) is 3.05. The summed E-state index contributed by atoms with van der Waals surface area (Å²) in [6.45, 7) is 0. The van der Waals surface area contributed by atoms with Crippen molar-refractivity contribution < 1.29 is 14.8 Å². The Labute approximate surface area is 125 Å². The first-order valence-corrected chi connectivity index (χ1v) is 6.42. The van der Waals surface area contributed by atoms with Gasteiger partial charge in [-0.25, -0.2) is 0 Å². The molecule has 1 aromatic heterocycles. The Kier molecular flexibility index (Phi) is 4.49. The maximum Gasteiger partial charge on any atom is 0.311 e. The summed E-state index contributed by atoms with van der Waals surface area (Å²) in [6, 6.07) is 8.07. The van der Waals surface area contributed by atoms with Crippen molar-refractivity contribution in [3.05, 3.63) is 69.0 Å². The summed E-state index contributed by atoms with van der Waals surface area (Å²) >= 11 is 5.78. The second-order valence-corrected chi connectivity index (χ2v) is 4.85. The van der Waals surface area contributed by atoms with Crippen molar-refractivity contribution in [2.45, 2.75) is 12.3 Å². The van der Waals surface area contributed by atoms with Crippen molar-refractivity contribution in [3.8, 4) is 0 Å². The third kappa shape index (κ3) is 3.55. The monoisotopic (exact) mass is 306 g/mol. The van der Waals surface area contributed by atoms with Crippen molar-refractivity contribution in [2.75, 3.05) is 0 Å². The molecule has 6 nitrogen and oxygen atoms in total. The molecular weight excluding hydrogens is 296 g/mol. The third-order valence-electron chi connectivity index (χ3n) is 3.06. The van der Waals surface area contributed by atoms with Gasteiger partial charge in [0.15, 0.2) is 0 Å². The van der Waals surface area contributed by atoms with E-state index in [0.29, 0.717) is 5.02 Å². The lowest BCUT2D eigenvalue weighted by Gasteiger charge is -2.13. The molecule has 1 heterocycles. The van der Waals surface area contributed by atoms with Crippen LogP contribution in [0.5, 0.6) is 0 Å². The second-order valence-electron chi connectivity index (χ2n) is 4.41. The van der Waals surface area contributed by atoms with Crippen LogP contribution < -0.4 is 0 Å². The number of nitro groups is 1. The van der Waals surface area contributed by atoms with Crippen LogP contribution in [0.4, 0.5) is 5.69 Å². The first-order valence-electron chi connectivity index (χ1n) is 6.04. The first-order chi connectivity index (χ1) is 9.99. The minimum atomic E-state index is -1.13. The lowest BCUT2D eigenvalue weighted by atomic mass is 9.92. The van der Waals surface area contributed by atoms with Crippen molar-refractivity contribution in [1.29, 1.82) is 0 Å². The quantitative estimate of drug-likeness (QED) is 0.677.